The Bertz CT molecular complexity index is 1030. The van der Waals surface area contributed by atoms with E-state index in [4.69, 9.17) is 9.72 Å². The lowest BCUT2D eigenvalue weighted by Crippen LogP contribution is -2.02. The lowest BCUT2D eigenvalue weighted by Gasteiger charge is -2.10. The number of hydrogen-bond donors (Lipinski definition) is 0. The van der Waals surface area contributed by atoms with Gasteiger partial charge >= 0.3 is 0 Å². The van der Waals surface area contributed by atoms with Crippen molar-refractivity contribution in [2.45, 2.75) is 26.3 Å². The van der Waals surface area contributed by atoms with Crippen LogP contribution in [0.5, 0.6) is 5.75 Å². The van der Waals surface area contributed by atoms with E-state index in [1.165, 1.54) is 11.1 Å². The number of ether oxygens (including phenoxy) is 1. The van der Waals surface area contributed by atoms with Gasteiger partial charge in [0.1, 0.15) is 11.6 Å². The van der Waals surface area contributed by atoms with Crippen LogP contribution in [-0.2, 0) is 13.0 Å². The molecule has 0 amide bonds. The molecule has 0 atom stereocenters. The summed E-state index contributed by atoms with van der Waals surface area (Å²) in [6.45, 7) is 3.03. The third kappa shape index (κ3) is 3.72. The Kier molecular flexibility index (Phi) is 4.93. The first kappa shape index (κ1) is 17.3. The number of aryl methyl sites for hydroxylation is 3. The molecule has 0 aliphatic carbocycles. The summed E-state index contributed by atoms with van der Waals surface area (Å²) in [7, 11) is 1.71. The fourth-order valence-electron chi connectivity index (χ4n) is 3.46. The van der Waals surface area contributed by atoms with Gasteiger partial charge in [0.25, 0.3) is 0 Å². The van der Waals surface area contributed by atoms with Gasteiger partial charge in [-0.1, -0.05) is 60.2 Å². The molecule has 1 aromatic heterocycles. The van der Waals surface area contributed by atoms with E-state index in [1.807, 2.05) is 12.1 Å². The fraction of sp³-hybridized carbons (Fsp3) is 0.208. The third-order valence-electron chi connectivity index (χ3n) is 4.96. The van der Waals surface area contributed by atoms with Gasteiger partial charge in [0, 0.05) is 18.2 Å². The summed E-state index contributed by atoms with van der Waals surface area (Å²) in [4.78, 5) is 4.92. The predicted molar refractivity (Wildman–Crippen MR) is 111 cm³/mol. The van der Waals surface area contributed by atoms with Gasteiger partial charge in [-0.25, -0.2) is 4.98 Å². The molecule has 136 valence electrons. The van der Waals surface area contributed by atoms with Crippen LogP contribution in [0.4, 0.5) is 0 Å². The van der Waals surface area contributed by atoms with Crippen LogP contribution < -0.4 is 4.74 Å². The summed E-state index contributed by atoms with van der Waals surface area (Å²) < 4.78 is 7.77. The molecule has 4 aromatic rings. The van der Waals surface area contributed by atoms with Crippen LogP contribution in [0.3, 0.4) is 0 Å². The molecule has 0 radical (unpaired) electrons. The van der Waals surface area contributed by atoms with Gasteiger partial charge in [0.05, 0.1) is 18.1 Å². The number of fused-ring (bicyclic) bond motifs is 1. The van der Waals surface area contributed by atoms with Gasteiger partial charge in [-0.15, -0.1) is 0 Å². The molecule has 0 aliphatic heterocycles. The summed E-state index contributed by atoms with van der Waals surface area (Å²) in [5.74, 6) is 1.88. The fourth-order valence-corrected chi connectivity index (χ4v) is 3.46. The van der Waals surface area contributed by atoms with Gasteiger partial charge in [-0.3, -0.25) is 0 Å². The van der Waals surface area contributed by atoms with E-state index in [1.54, 1.807) is 7.11 Å². The molecule has 3 aromatic carbocycles. The highest BCUT2D eigenvalue weighted by molar-refractivity contribution is 5.82. The molecule has 0 saturated heterocycles. The minimum absolute atomic E-state index is 0.863. The monoisotopic (exact) mass is 356 g/mol. The Morgan fingerprint density at radius 2 is 1.70 bits per heavy atom. The topological polar surface area (TPSA) is 27.1 Å². The number of nitrogens with zero attached hydrogens (tertiary/aromatic N) is 2. The second-order valence-corrected chi connectivity index (χ2v) is 6.90. The van der Waals surface area contributed by atoms with E-state index < -0.39 is 0 Å². The van der Waals surface area contributed by atoms with E-state index in [0.717, 1.165) is 47.6 Å². The van der Waals surface area contributed by atoms with Crippen LogP contribution in [0.2, 0.25) is 0 Å². The van der Waals surface area contributed by atoms with Crippen LogP contribution in [0.25, 0.3) is 22.4 Å². The van der Waals surface area contributed by atoms with E-state index in [9.17, 15) is 0 Å². The first-order chi connectivity index (χ1) is 13.2. The van der Waals surface area contributed by atoms with E-state index >= 15 is 0 Å². The Morgan fingerprint density at radius 1 is 0.926 bits per heavy atom. The molecule has 0 aliphatic rings. The van der Waals surface area contributed by atoms with Gasteiger partial charge < -0.3 is 9.30 Å². The zero-order chi connectivity index (χ0) is 18.6. The molecule has 27 heavy (non-hydrogen) atoms. The second-order valence-electron chi connectivity index (χ2n) is 6.90. The van der Waals surface area contributed by atoms with Crippen molar-refractivity contribution in [2.75, 3.05) is 7.11 Å². The third-order valence-corrected chi connectivity index (χ3v) is 4.96. The van der Waals surface area contributed by atoms with Crippen molar-refractivity contribution >= 4 is 11.0 Å². The highest BCUT2D eigenvalue weighted by Gasteiger charge is 2.13. The van der Waals surface area contributed by atoms with Gasteiger partial charge in [-0.05, 0) is 37.5 Å². The van der Waals surface area contributed by atoms with Crippen molar-refractivity contribution in [1.82, 2.24) is 9.55 Å². The van der Waals surface area contributed by atoms with Crippen molar-refractivity contribution in [2.24, 2.45) is 0 Å². The Balaban J connectivity index is 1.70. The maximum atomic E-state index is 5.44. The Labute approximate surface area is 160 Å². The molecular formula is C24H24N2O. The molecule has 0 unspecified atom stereocenters. The number of imidazole rings is 1. The maximum Gasteiger partial charge on any atom is 0.141 e. The quantitative estimate of drug-likeness (QED) is 0.446. The average molecular weight is 356 g/mol. The van der Waals surface area contributed by atoms with Crippen molar-refractivity contribution in [1.29, 1.82) is 0 Å². The van der Waals surface area contributed by atoms with E-state index in [2.05, 4.69) is 72.2 Å². The molecule has 3 heteroatoms. The van der Waals surface area contributed by atoms with Crippen molar-refractivity contribution < 1.29 is 4.74 Å². The second kappa shape index (κ2) is 7.67. The normalized spacial score (nSPS) is 11.0. The van der Waals surface area contributed by atoms with Crippen LogP contribution >= 0.6 is 0 Å². The number of benzene rings is 3. The average Bonchev–Trinajstić information content (AvgIpc) is 3.07. The largest absolute Gasteiger partial charge is 0.497 e. The van der Waals surface area contributed by atoms with Gasteiger partial charge in [0.15, 0.2) is 0 Å². The zero-order valence-electron chi connectivity index (χ0n) is 15.9. The first-order valence-electron chi connectivity index (χ1n) is 9.40. The Hall–Kier alpha value is -3.07. The number of rotatable bonds is 6. The maximum absolute atomic E-state index is 5.44. The molecule has 3 nitrogen and oxygen atoms in total. The molecular weight excluding hydrogens is 332 g/mol. The van der Waals surface area contributed by atoms with E-state index in [-0.39, 0.29) is 0 Å². The molecule has 4 rings (SSSR count). The van der Waals surface area contributed by atoms with Crippen LogP contribution in [0, 0.1) is 6.92 Å². The molecule has 0 spiro atoms. The Morgan fingerprint density at radius 3 is 2.44 bits per heavy atom. The standard InChI is InChI=1S/C24H24N2O/c1-18-10-12-20(13-11-18)24-25-22-15-14-21(27-2)17-23(22)26(24)16-6-9-19-7-4-3-5-8-19/h3-5,7-8,10-15,17H,6,9,16H2,1-2H3. The summed E-state index contributed by atoms with van der Waals surface area (Å²) in [5.41, 5.74) is 5.91. The highest BCUT2D eigenvalue weighted by Crippen LogP contribution is 2.28. The minimum atomic E-state index is 0.863. The van der Waals surface area contributed by atoms with Gasteiger partial charge in [0.2, 0.25) is 0 Å². The van der Waals surface area contributed by atoms with Crippen molar-refractivity contribution in [3.05, 3.63) is 83.9 Å². The lowest BCUT2D eigenvalue weighted by molar-refractivity contribution is 0.415. The number of methoxy groups -OCH3 is 1. The first-order valence-corrected chi connectivity index (χ1v) is 9.40. The molecule has 0 bridgehead atoms. The van der Waals surface area contributed by atoms with Crippen LogP contribution in [0.15, 0.2) is 72.8 Å². The molecule has 0 fully saturated rings. The molecule has 0 saturated carbocycles. The predicted octanol–water partition coefficient (Wildman–Crippen LogP) is 5.65. The summed E-state index contributed by atoms with van der Waals surface area (Å²) >= 11 is 0. The van der Waals surface area contributed by atoms with Crippen molar-refractivity contribution in [3.8, 4) is 17.1 Å². The summed E-state index contributed by atoms with van der Waals surface area (Å²) in [5, 5.41) is 0. The van der Waals surface area contributed by atoms with Crippen LogP contribution in [-0.4, -0.2) is 16.7 Å². The summed E-state index contributed by atoms with van der Waals surface area (Å²) in [6, 6.07) is 25.3. The molecule has 1 heterocycles. The highest BCUT2D eigenvalue weighted by atomic mass is 16.5. The SMILES string of the molecule is COc1ccc2nc(-c3ccc(C)cc3)n(CCCc3ccccc3)c2c1. The van der Waals surface area contributed by atoms with Gasteiger partial charge in [-0.2, -0.15) is 0 Å². The summed E-state index contributed by atoms with van der Waals surface area (Å²) in [6.07, 6.45) is 2.11. The number of aromatic nitrogens is 2. The molecule has 0 N–H and O–H groups in total. The smallest absolute Gasteiger partial charge is 0.141 e. The zero-order valence-corrected chi connectivity index (χ0v) is 15.9. The lowest BCUT2D eigenvalue weighted by atomic mass is 10.1. The minimum Gasteiger partial charge on any atom is -0.497 e. The van der Waals surface area contributed by atoms with Crippen molar-refractivity contribution in [3.63, 3.8) is 0 Å². The van der Waals surface area contributed by atoms with Crippen LogP contribution in [0.1, 0.15) is 17.5 Å². The van der Waals surface area contributed by atoms with E-state index in [0.29, 0.717) is 0 Å². The number of hydrogen-bond acceptors (Lipinski definition) is 2.